The van der Waals surface area contributed by atoms with Gasteiger partial charge in [-0.05, 0) is 25.1 Å². The van der Waals surface area contributed by atoms with Crippen LogP contribution in [-0.2, 0) is 0 Å². The van der Waals surface area contributed by atoms with E-state index in [4.69, 9.17) is 28.9 Å². The highest BCUT2D eigenvalue weighted by Crippen LogP contribution is 2.23. The Hall–Kier alpha value is -0.570. The van der Waals surface area contributed by atoms with Crippen molar-refractivity contribution in [2.75, 3.05) is 0 Å². The summed E-state index contributed by atoms with van der Waals surface area (Å²) in [5.41, 5.74) is 6.10. The summed E-state index contributed by atoms with van der Waals surface area (Å²) in [6, 6.07) is 4.64. The van der Waals surface area contributed by atoms with E-state index in [0.717, 1.165) is 0 Å². The van der Waals surface area contributed by atoms with E-state index in [0.29, 0.717) is 15.6 Å². The van der Waals surface area contributed by atoms with E-state index in [9.17, 15) is 4.79 Å². The van der Waals surface area contributed by atoms with Crippen LogP contribution in [0.4, 0.5) is 0 Å². The maximum absolute atomic E-state index is 11.9. The summed E-state index contributed by atoms with van der Waals surface area (Å²) in [5.74, 6) is -0.335. The van der Waals surface area contributed by atoms with Gasteiger partial charge in [0.05, 0.1) is 5.02 Å². The molecule has 2 N–H and O–H groups in total. The first-order valence-electron chi connectivity index (χ1n) is 4.68. The SMILES string of the molecule is CC(N)C(C)C(=O)c1cc(Cl)ccc1Cl. The molecule has 0 aromatic heterocycles. The molecule has 0 aliphatic carbocycles. The van der Waals surface area contributed by atoms with Crippen molar-refractivity contribution in [1.29, 1.82) is 0 Å². The van der Waals surface area contributed by atoms with Gasteiger partial charge in [0.15, 0.2) is 5.78 Å². The van der Waals surface area contributed by atoms with Gasteiger partial charge in [0.25, 0.3) is 0 Å². The van der Waals surface area contributed by atoms with Crippen molar-refractivity contribution < 1.29 is 4.79 Å². The lowest BCUT2D eigenvalue weighted by Gasteiger charge is -2.15. The maximum atomic E-state index is 11.9. The van der Waals surface area contributed by atoms with Gasteiger partial charge in [0.1, 0.15) is 0 Å². The molecule has 0 radical (unpaired) electrons. The van der Waals surface area contributed by atoms with Crippen LogP contribution in [-0.4, -0.2) is 11.8 Å². The summed E-state index contributed by atoms with van der Waals surface area (Å²) in [6.45, 7) is 3.57. The fraction of sp³-hybridized carbons (Fsp3) is 0.364. The topological polar surface area (TPSA) is 43.1 Å². The highest BCUT2D eigenvalue weighted by molar-refractivity contribution is 6.36. The molecule has 1 rings (SSSR count). The molecule has 0 saturated heterocycles. The lowest BCUT2D eigenvalue weighted by molar-refractivity contribution is 0.0917. The van der Waals surface area contributed by atoms with E-state index in [1.165, 1.54) is 0 Å². The van der Waals surface area contributed by atoms with Gasteiger partial charge in [0.2, 0.25) is 0 Å². The smallest absolute Gasteiger partial charge is 0.168 e. The molecule has 2 unspecified atom stereocenters. The molecule has 0 amide bonds. The molecular weight excluding hydrogens is 233 g/mol. The normalized spacial score (nSPS) is 14.7. The number of hydrogen-bond donors (Lipinski definition) is 1. The number of benzene rings is 1. The number of nitrogens with two attached hydrogens (primary N) is 1. The van der Waals surface area contributed by atoms with Crippen LogP contribution in [0.25, 0.3) is 0 Å². The van der Waals surface area contributed by atoms with Crippen LogP contribution in [0.2, 0.25) is 10.0 Å². The zero-order valence-corrected chi connectivity index (χ0v) is 10.1. The Labute approximate surface area is 99.4 Å². The first kappa shape index (κ1) is 12.5. The van der Waals surface area contributed by atoms with Crippen LogP contribution in [0, 0.1) is 5.92 Å². The van der Waals surface area contributed by atoms with E-state index in [1.54, 1.807) is 32.0 Å². The van der Waals surface area contributed by atoms with Gasteiger partial charge in [-0.1, -0.05) is 30.1 Å². The molecule has 1 aromatic carbocycles. The van der Waals surface area contributed by atoms with Crippen LogP contribution in [0.1, 0.15) is 24.2 Å². The Morgan fingerprint density at radius 1 is 1.33 bits per heavy atom. The Kier molecular flexibility index (Phi) is 4.14. The number of rotatable bonds is 3. The van der Waals surface area contributed by atoms with Gasteiger partial charge in [-0.15, -0.1) is 0 Å². The van der Waals surface area contributed by atoms with Crippen molar-refractivity contribution in [3.63, 3.8) is 0 Å². The molecule has 0 heterocycles. The van der Waals surface area contributed by atoms with Gasteiger partial charge in [-0.3, -0.25) is 4.79 Å². The molecular formula is C11H13Cl2NO. The standard InChI is InChI=1S/C11H13Cl2NO/c1-6(7(2)14)11(15)9-5-8(12)3-4-10(9)13/h3-7H,14H2,1-2H3. The molecule has 82 valence electrons. The van der Waals surface area contributed by atoms with Crippen LogP contribution < -0.4 is 5.73 Å². The molecule has 1 aromatic rings. The molecule has 0 spiro atoms. The average Bonchev–Trinajstić information content (AvgIpc) is 2.19. The third-order valence-corrected chi connectivity index (χ3v) is 2.96. The first-order chi connectivity index (χ1) is 6.93. The van der Waals surface area contributed by atoms with Crippen molar-refractivity contribution in [2.24, 2.45) is 11.7 Å². The summed E-state index contributed by atoms with van der Waals surface area (Å²) in [5, 5.41) is 0.913. The van der Waals surface area contributed by atoms with Crippen molar-refractivity contribution in [3.05, 3.63) is 33.8 Å². The van der Waals surface area contributed by atoms with E-state index >= 15 is 0 Å². The third-order valence-electron chi connectivity index (χ3n) is 2.40. The fourth-order valence-electron chi connectivity index (χ4n) is 1.17. The minimum atomic E-state index is -0.263. The molecule has 0 fully saturated rings. The molecule has 0 bridgehead atoms. The zero-order valence-electron chi connectivity index (χ0n) is 8.63. The second-order valence-corrected chi connectivity index (χ2v) is 4.48. The Morgan fingerprint density at radius 2 is 1.93 bits per heavy atom. The fourth-order valence-corrected chi connectivity index (χ4v) is 1.55. The second-order valence-electron chi connectivity index (χ2n) is 3.64. The molecule has 15 heavy (non-hydrogen) atoms. The number of hydrogen-bond acceptors (Lipinski definition) is 2. The van der Waals surface area contributed by atoms with Gasteiger partial charge >= 0.3 is 0 Å². The minimum absolute atomic E-state index is 0.0718. The molecule has 2 atom stereocenters. The third kappa shape index (κ3) is 2.94. The van der Waals surface area contributed by atoms with E-state index < -0.39 is 0 Å². The number of carbonyl (C=O) groups excluding carboxylic acids is 1. The number of ketones is 1. The summed E-state index contributed by atoms with van der Waals surface area (Å²) in [4.78, 5) is 11.9. The van der Waals surface area contributed by atoms with Crippen molar-refractivity contribution in [3.8, 4) is 0 Å². The summed E-state index contributed by atoms with van der Waals surface area (Å²) >= 11 is 11.7. The summed E-state index contributed by atoms with van der Waals surface area (Å²) < 4.78 is 0. The quantitative estimate of drug-likeness (QED) is 0.832. The lowest BCUT2D eigenvalue weighted by Crippen LogP contribution is -2.30. The Bertz CT molecular complexity index is 377. The predicted molar refractivity (Wildman–Crippen MR) is 63.6 cm³/mol. The number of Topliss-reactive ketones (excluding diaryl/α,β-unsaturated/α-hetero) is 1. The molecule has 0 saturated carbocycles. The molecule has 4 heteroatoms. The van der Waals surface area contributed by atoms with Gasteiger partial charge in [0, 0.05) is 22.5 Å². The van der Waals surface area contributed by atoms with Gasteiger partial charge in [-0.2, -0.15) is 0 Å². The first-order valence-corrected chi connectivity index (χ1v) is 5.44. The number of carbonyl (C=O) groups is 1. The Balaban J connectivity index is 3.05. The van der Waals surface area contributed by atoms with Crippen molar-refractivity contribution in [2.45, 2.75) is 19.9 Å². The van der Waals surface area contributed by atoms with Gasteiger partial charge in [-0.25, -0.2) is 0 Å². The minimum Gasteiger partial charge on any atom is -0.327 e. The predicted octanol–water partition coefficient (Wildman–Crippen LogP) is 3.16. The second kappa shape index (κ2) is 4.97. The average molecular weight is 246 g/mol. The number of halogens is 2. The van der Waals surface area contributed by atoms with Gasteiger partial charge < -0.3 is 5.73 Å². The molecule has 2 nitrogen and oxygen atoms in total. The van der Waals surface area contributed by atoms with Crippen LogP contribution in [0.5, 0.6) is 0 Å². The highest BCUT2D eigenvalue weighted by Gasteiger charge is 2.21. The summed E-state index contributed by atoms with van der Waals surface area (Å²) in [7, 11) is 0. The van der Waals surface area contributed by atoms with Crippen LogP contribution in [0.3, 0.4) is 0 Å². The summed E-state index contributed by atoms with van der Waals surface area (Å²) in [6.07, 6.45) is 0. The maximum Gasteiger partial charge on any atom is 0.168 e. The van der Waals surface area contributed by atoms with Crippen LogP contribution >= 0.6 is 23.2 Å². The van der Waals surface area contributed by atoms with E-state index in [2.05, 4.69) is 0 Å². The highest BCUT2D eigenvalue weighted by atomic mass is 35.5. The van der Waals surface area contributed by atoms with Crippen LogP contribution in [0.15, 0.2) is 18.2 Å². The zero-order chi connectivity index (χ0) is 11.6. The van der Waals surface area contributed by atoms with E-state index in [-0.39, 0.29) is 17.7 Å². The van der Waals surface area contributed by atoms with E-state index in [1.807, 2.05) is 0 Å². The lowest BCUT2D eigenvalue weighted by atomic mass is 9.94. The largest absolute Gasteiger partial charge is 0.327 e. The molecule has 0 aliphatic heterocycles. The molecule has 0 aliphatic rings. The Morgan fingerprint density at radius 3 is 2.47 bits per heavy atom. The van der Waals surface area contributed by atoms with Crippen molar-refractivity contribution >= 4 is 29.0 Å². The van der Waals surface area contributed by atoms with Crippen molar-refractivity contribution in [1.82, 2.24) is 0 Å². The monoisotopic (exact) mass is 245 g/mol.